The van der Waals surface area contributed by atoms with Gasteiger partial charge in [0.05, 0.1) is 11.4 Å². The van der Waals surface area contributed by atoms with Gasteiger partial charge in [0.2, 0.25) is 5.89 Å². The number of para-hydroxylation sites is 1. The van der Waals surface area contributed by atoms with Gasteiger partial charge < -0.3 is 9.32 Å². The van der Waals surface area contributed by atoms with Gasteiger partial charge in [-0.05, 0) is 26.0 Å². The van der Waals surface area contributed by atoms with Crippen LogP contribution < -0.4 is 0 Å². The fourth-order valence-corrected chi connectivity index (χ4v) is 4.06. The number of rotatable bonds is 8. The first-order valence-corrected chi connectivity index (χ1v) is 11.2. The number of amides is 1. The summed E-state index contributed by atoms with van der Waals surface area (Å²) >= 11 is 1.31. The average molecular weight is 452 g/mol. The lowest BCUT2D eigenvalue weighted by molar-refractivity contribution is 0.0767. The van der Waals surface area contributed by atoms with Crippen LogP contribution in [0, 0.1) is 5.82 Å². The third-order valence-corrected chi connectivity index (χ3v) is 5.82. The van der Waals surface area contributed by atoms with E-state index in [1.165, 1.54) is 24.1 Å². The Hall–Kier alpha value is -3.46. The summed E-state index contributed by atoms with van der Waals surface area (Å²) in [6, 6.07) is 16.0. The van der Waals surface area contributed by atoms with Crippen LogP contribution in [0.4, 0.5) is 4.39 Å². The lowest BCUT2D eigenvalue weighted by Gasteiger charge is -2.16. The number of aromatic nitrogens is 4. The van der Waals surface area contributed by atoms with E-state index in [0.717, 1.165) is 5.56 Å². The number of thioether (sulfide) groups is 1. The van der Waals surface area contributed by atoms with Gasteiger partial charge in [0.25, 0.3) is 5.91 Å². The second kappa shape index (κ2) is 9.78. The molecule has 4 rings (SSSR count). The molecule has 0 atom stereocenters. The summed E-state index contributed by atoms with van der Waals surface area (Å²) in [4.78, 5) is 18.5. The number of nitrogens with zero attached hydrogens (tertiary/aromatic N) is 5. The smallest absolute Gasteiger partial charge is 0.275 e. The average Bonchev–Trinajstić information content (AvgIpc) is 3.46. The number of halogens is 1. The molecule has 1 amide bonds. The molecule has 0 aliphatic rings. The molecule has 4 aromatic rings. The van der Waals surface area contributed by atoms with Gasteiger partial charge in [-0.3, -0.25) is 9.36 Å². The molecule has 0 aliphatic carbocycles. The topological polar surface area (TPSA) is 77.0 Å². The molecule has 2 aromatic heterocycles. The third-order valence-electron chi connectivity index (χ3n) is 4.90. The maximum atomic E-state index is 14.7. The van der Waals surface area contributed by atoms with Crippen molar-refractivity contribution in [3.05, 3.63) is 78.3 Å². The lowest BCUT2D eigenvalue weighted by Crippen LogP contribution is -2.30. The molecule has 0 radical (unpaired) electrons. The molecule has 2 aromatic carbocycles. The van der Waals surface area contributed by atoms with Crippen LogP contribution in [0.3, 0.4) is 0 Å². The van der Waals surface area contributed by atoms with Crippen molar-refractivity contribution >= 4 is 17.7 Å². The van der Waals surface area contributed by atoms with Crippen molar-refractivity contribution < 1.29 is 13.6 Å². The van der Waals surface area contributed by atoms with E-state index in [4.69, 9.17) is 4.42 Å². The van der Waals surface area contributed by atoms with E-state index < -0.39 is 0 Å². The molecule has 0 saturated carbocycles. The Morgan fingerprint density at radius 1 is 1.06 bits per heavy atom. The molecule has 2 heterocycles. The Bertz CT molecular complexity index is 1200. The second-order valence-electron chi connectivity index (χ2n) is 6.85. The molecule has 9 heteroatoms. The van der Waals surface area contributed by atoms with E-state index in [-0.39, 0.29) is 17.4 Å². The van der Waals surface area contributed by atoms with E-state index in [1.54, 1.807) is 27.7 Å². The first-order chi connectivity index (χ1) is 15.6. The SMILES string of the molecule is CCN(CC)C(=O)c1coc(CSc2nnc(-c3ccccc3)n2-c2ccccc2F)n1. The largest absolute Gasteiger partial charge is 0.447 e. The van der Waals surface area contributed by atoms with Crippen LogP contribution in [0.15, 0.2) is 70.4 Å². The predicted octanol–water partition coefficient (Wildman–Crippen LogP) is 4.84. The third kappa shape index (κ3) is 4.43. The summed E-state index contributed by atoms with van der Waals surface area (Å²) in [5, 5.41) is 9.08. The molecular formula is C23H22FN5O2S. The van der Waals surface area contributed by atoms with E-state index in [9.17, 15) is 9.18 Å². The van der Waals surface area contributed by atoms with Crippen molar-refractivity contribution in [1.82, 2.24) is 24.6 Å². The molecule has 0 N–H and O–H groups in total. The van der Waals surface area contributed by atoms with Crippen LogP contribution in [0.1, 0.15) is 30.2 Å². The summed E-state index contributed by atoms with van der Waals surface area (Å²) in [6.07, 6.45) is 1.37. The Kier molecular flexibility index (Phi) is 6.65. The highest BCUT2D eigenvalue weighted by Gasteiger charge is 2.21. The number of benzene rings is 2. The van der Waals surface area contributed by atoms with Gasteiger partial charge in [-0.2, -0.15) is 0 Å². The first-order valence-electron chi connectivity index (χ1n) is 10.2. The molecule has 0 aliphatic heterocycles. The Labute approximate surface area is 189 Å². The summed E-state index contributed by atoms with van der Waals surface area (Å²) < 4.78 is 21.8. The minimum atomic E-state index is -0.380. The zero-order valence-electron chi connectivity index (χ0n) is 17.7. The maximum Gasteiger partial charge on any atom is 0.275 e. The van der Waals surface area contributed by atoms with Crippen molar-refractivity contribution in [3.63, 3.8) is 0 Å². The van der Waals surface area contributed by atoms with Gasteiger partial charge in [0, 0.05) is 18.7 Å². The monoisotopic (exact) mass is 451 g/mol. The van der Waals surface area contributed by atoms with E-state index >= 15 is 0 Å². The Balaban J connectivity index is 1.62. The fourth-order valence-electron chi connectivity index (χ4n) is 3.26. The molecule has 32 heavy (non-hydrogen) atoms. The van der Waals surface area contributed by atoms with Crippen molar-refractivity contribution in [2.45, 2.75) is 24.8 Å². The zero-order valence-corrected chi connectivity index (χ0v) is 18.6. The summed E-state index contributed by atoms with van der Waals surface area (Å²) in [7, 11) is 0. The molecule has 0 spiro atoms. The fraction of sp³-hybridized carbons (Fsp3) is 0.217. The quantitative estimate of drug-likeness (QED) is 0.357. The van der Waals surface area contributed by atoms with Crippen LogP contribution in [0.25, 0.3) is 17.1 Å². The number of hydrogen-bond donors (Lipinski definition) is 0. The minimum Gasteiger partial charge on any atom is -0.447 e. The highest BCUT2D eigenvalue weighted by Crippen LogP contribution is 2.30. The molecule has 164 valence electrons. The lowest BCUT2D eigenvalue weighted by atomic mass is 10.2. The van der Waals surface area contributed by atoms with Crippen LogP contribution in [0.2, 0.25) is 0 Å². The normalized spacial score (nSPS) is 11.0. The molecular weight excluding hydrogens is 429 g/mol. The van der Waals surface area contributed by atoms with Gasteiger partial charge >= 0.3 is 0 Å². The number of oxazole rings is 1. The van der Waals surface area contributed by atoms with Gasteiger partial charge in [-0.25, -0.2) is 9.37 Å². The standard InChI is InChI=1S/C23H22FN5O2S/c1-3-28(4-2)22(30)18-14-31-20(25-18)15-32-23-27-26-21(16-10-6-5-7-11-16)29(23)19-13-9-8-12-17(19)24/h5-14H,3-4,15H2,1-2H3. The number of carbonyl (C=O) groups is 1. The van der Waals surface area contributed by atoms with E-state index in [2.05, 4.69) is 15.2 Å². The van der Waals surface area contributed by atoms with Crippen LogP contribution in [0.5, 0.6) is 0 Å². The maximum absolute atomic E-state index is 14.7. The van der Waals surface area contributed by atoms with Crippen LogP contribution >= 0.6 is 11.8 Å². The van der Waals surface area contributed by atoms with E-state index in [1.807, 2.05) is 44.2 Å². The van der Waals surface area contributed by atoms with Gasteiger partial charge in [0.1, 0.15) is 12.1 Å². The van der Waals surface area contributed by atoms with Crippen molar-refractivity contribution in [2.75, 3.05) is 13.1 Å². The molecule has 0 unspecified atom stereocenters. The summed E-state index contributed by atoms with van der Waals surface area (Å²) in [5.74, 6) is 0.677. The highest BCUT2D eigenvalue weighted by atomic mass is 32.2. The van der Waals surface area contributed by atoms with Gasteiger partial charge in [0.15, 0.2) is 16.7 Å². The summed E-state index contributed by atoms with van der Waals surface area (Å²) in [6.45, 7) is 5.02. The molecule has 0 bridgehead atoms. The summed E-state index contributed by atoms with van der Waals surface area (Å²) in [5.41, 5.74) is 1.44. The van der Waals surface area contributed by atoms with Gasteiger partial charge in [-0.1, -0.05) is 54.2 Å². The van der Waals surface area contributed by atoms with Crippen LogP contribution in [-0.4, -0.2) is 43.6 Å². The zero-order chi connectivity index (χ0) is 22.5. The first kappa shape index (κ1) is 21.8. The van der Waals surface area contributed by atoms with Gasteiger partial charge in [-0.15, -0.1) is 10.2 Å². The predicted molar refractivity (Wildman–Crippen MR) is 120 cm³/mol. The Morgan fingerprint density at radius 3 is 2.50 bits per heavy atom. The van der Waals surface area contributed by atoms with E-state index in [0.29, 0.717) is 41.4 Å². The number of hydrogen-bond acceptors (Lipinski definition) is 6. The highest BCUT2D eigenvalue weighted by molar-refractivity contribution is 7.98. The van der Waals surface area contributed by atoms with Crippen LogP contribution in [-0.2, 0) is 5.75 Å². The van der Waals surface area contributed by atoms with Crippen molar-refractivity contribution in [1.29, 1.82) is 0 Å². The molecule has 0 saturated heterocycles. The van der Waals surface area contributed by atoms with Crippen molar-refractivity contribution in [2.24, 2.45) is 0 Å². The molecule has 7 nitrogen and oxygen atoms in total. The Morgan fingerprint density at radius 2 is 1.78 bits per heavy atom. The molecule has 0 fully saturated rings. The second-order valence-corrected chi connectivity index (χ2v) is 7.79. The van der Waals surface area contributed by atoms with Crippen molar-refractivity contribution in [3.8, 4) is 17.1 Å². The number of carbonyl (C=O) groups excluding carboxylic acids is 1. The minimum absolute atomic E-state index is 0.170.